The van der Waals surface area contributed by atoms with Crippen molar-refractivity contribution in [3.05, 3.63) is 94.9 Å². The van der Waals surface area contributed by atoms with E-state index < -0.39 is 0 Å². The molecule has 2 heterocycles. The number of anilines is 1. The first-order valence-corrected chi connectivity index (χ1v) is 12.4. The van der Waals surface area contributed by atoms with Gasteiger partial charge in [0.2, 0.25) is 0 Å². The molecule has 1 fully saturated rings. The SMILES string of the molecule is O=C1NC(=O)/C(=C/c2ccc(OCCN(Cc3ccccc3)c3nc4ccccc4s3)cc2)S1. The molecule has 1 aliphatic heterocycles. The van der Waals surface area contributed by atoms with E-state index in [1.165, 1.54) is 5.56 Å². The summed E-state index contributed by atoms with van der Waals surface area (Å²) in [5, 5.41) is 2.89. The summed E-state index contributed by atoms with van der Waals surface area (Å²) in [7, 11) is 0. The van der Waals surface area contributed by atoms with Gasteiger partial charge in [0.25, 0.3) is 11.1 Å². The predicted octanol–water partition coefficient (Wildman–Crippen LogP) is 5.71. The Morgan fingerprint density at radius 2 is 1.71 bits per heavy atom. The van der Waals surface area contributed by atoms with Gasteiger partial charge >= 0.3 is 0 Å². The van der Waals surface area contributed by atoms with Gasteiger partial charge in [0.05, 0.1) is 21.7 Å². The predicted molar refractivity (Wildman–Crippen MR) is 138 cm³/mol. The number of thiazole rings is 1. The Balaban J connectivity index is 1.25. The van der Waals surface area contributed by atoms with Crippen LogP contribution in [0.1, 0.15) is 11.1 Å². The minimum Gasteiger partial charge on any atom is -0.492 e. The maximum Gasteiger partial charge on any atom is 0.290 e. The van der Waals surface area contributed by atoms with Crippen LogP contribution in [0.3, 0.4) is 0 Å². The molecule has 0 bridgehead atoms. The summed E-state index contributed by atoms with van der Waals surface area (Å²) in [6.07, 6.45) is 1.70. The Labute approximate surface area is 205 Å². The number of amides is 2. The third-order valence-electron chi connectivity index (χ3n) is 5.22. The number of nitrogens with zero attached hydrogens (tertiary/aromatic N) is 2. The molecule has 0 atom stereocenters. The van der Waals surface area contributed by atoms with Crippen LogP contribution >= 0.6 is 23.1 Å². The molecule has 0 radical (unpaired) electrons. The number of aromatic nitrogens is 1. The molecule has 1 aliphatic rings. The second kappa shape index (κ2) is 10.1. The van der Waals surface area contributed by atoms with E-state index in [4.69, 9.17) is 9.72 Å². The molecule has 5 rings (SSSR count). The van der Waals surface area contributed by atoms with Crippen molar-refractivity contribution in [2.75, 3.05) is 18.1 Å². The Morgan fingerprint density at radius 3 is 2.44 bits per heavy atom. The van der Waals surface area contributed by atoms with Crippen molar-refractivity contribution in [3.8, 4) is 5.75 Å². The number of benzene rings is 3. The van der Waals surface area contributed by atoms with Crippen LogP contribution in [0.25, 0.3) is 16.3 Å². The number of hydrogen-bond acceptors (Lipinski definition) is 7. The van der Waals surface area contributed by atoms with Gasteiger partial charge in [-0.05, 0) is 53.2 Å². The first kappa shape index (κ1) is 22.2. The summed E-state index contributed by atoms with van der Waals surface area (Å²) >= 11 is 2.59. The van der Waals surface area contributed by atoms with Gasteiger partial charge < -0.3 is 9.64 Å². The zero-order valence-electron chi connectivity index (χ0n) is 18.1. The molecular formula is C26H21N3O3S2. The fourth-order valence-corrected chi connectivity index (χ4v) is 5.22. The number of thioether (sulfide) groups is 1. The minimum atomic E-state index is -0.358. The lowest BCUT2D eigenvalue weighted by Gasteiger charge is -2.22. The lowest BCUT2D eigenvalue weighted by Crippen LogP contribution is -2.27. The van der Waals surface area contributed by atoms with Crippen molar-refractivity contribution in [1.29, 1.82) is 0 Å². The van der Waals surface area contributed by atoms with E-state index in [1.807, 2.05) is 60.7 Å². The summed E-state index contributed by atoms with van der Waals surface area (Å²) < 4.78 is 7.17. The Morgan fingerprint density at radius 1 is 0.941 bits per heavy atom. The second-order valence-corrected chi connectivity index (χ2v) is 9.66. The monoisotopic (exact) mass is 487 g/mol. The minimum absolute atomic E-state index is 0.343. The summed E-state index contributed by atoms with van der Waals surface area (Å²) in [5.74, 6) is 0.384. The molecule has 3 aromatic carbocycles. The molecule has 34 heavy (non-hydrogen) atoms. The standard InChI is InChI=1S/C26H21N3O3S2/c30-24-23(34-26(31)28-24)16-18-10-12-20(13-11-18)32-15-14-29(17-19-6-2-1-3-7-19)25-27-21-8-4-5-9-22(21)33-25/h1-13,16H,14-15,17H2,(H,28,30,31)/b23-16-. The highest BCUT2D eigenvalue weighted by atomic mass is 32.2. The smallest absolute Gasteiger partial charge is 0.290 e. The normalized spacial score (nSPS) is 14.5. The molecule has 170 valence electrons. The van der Waals surface area contributed by atoms with Crippen LogP contribution in [0.2, 0.25) is 0 Å². The third-order valence-corrected chi connectivity index (χ3v) is 7.13. The number of carbonyl (C=O) groups is 2. The highest BCUT2D eigenvalue weighted by Gasteiger charge is 2.24. The van der Waals surface area contributed by atoms with Crippen molar-refractivity contribution >= 4 is 55.7 Å². The van der Waals surface area contributed by atoms with Crippen LogP contribution in [0.15, 0.2) is 83.8 Å². The maximum absolute atomic E-state index is 11.7. The molecule has 0 unspecified atom stereocenters. The number of hydrogen-bond donors (Lipinski definition) is 1. The Kier molecular flexibility index (Phi) is 6.60. The van der Waals surface area contributed by atoms with Crippen molar-refractivity contribution in [2.45, 2.75) is 6.54 Å². The number of rotatable bonds is 8. The summed E-state index contributed by atoms with van der Waals surface area (Å²) in [6, 6.07) is 26.0. The topological polar surface area (TPSA) is 71.5 Å². The van der Waals surface area contributed by atoms with Gasteiger partial charge in [0.1, 0.15) is 12.4 Å². The summed E-state index contributed by atoms with van der Waals surface area (Å²) in [6.45, 7) is 1.92. The van der Waals surface area contributed by atoms with E-state index in [0.717, 1.165) is 45.0 Å². The zero-order valence-corrected chi connectivity index (χ0v) is 19.8. The Bertz CT molecular complexity index is 1320. The number of carbonyl (C=O) groups excluding carboxylic acids is 2. The first-order valence-electron chi connectivity index (χ1n) is 10.8. The largest absolute Gasteiger partial charge is 0.492 e. The zero-order chi connectivity index (χ0) is 23.3. The highest BCUT2D eigenvalue weighted by molar-refractivity contribution is 8.18. The molecule has 8 heteroatoms. The highest BCUT2D eigenvalue weighted by Crippen LogP contribution is 2.30. The van der Waals surface area contributed by atoms with Crippen LogP contribution in [0.4, 0.5) is 9.93 Å². The molecular weight excluding hydrogens is 466 g/mol. The molecule has 1 saturated heterocycles. The van der Waals surface area contributed by atoms with E-state index in [1.54, 1.807) is 17.4 Å². The first-order chi connectivity index (χ1) is 16.6. The fraction of sp³-hybridized carbons (Fsp3) is 0.115. The van der Waals surface area contributed by atoms with Crippen LogP contribution in [0, 0.1) is 0 Å². The molecule has 6 nitrogen and oxygen atoms in total. The van der Waals surface area contributed by atoms with E-state index in [-0.39, 0.29) is 11.1 Å². The van der Waals surface area contributed by atoms with E-state index in [2.05, 4.69) is 28.4 Å². The number of ether oxygens (including phenoxy) is 1. The summed E-state index contributed by atoms with van der Waals surface area (Å²) in [4.78, 5) is 30.5. The summed E-state index contributed by atoms with van der Waals surface area (Å²) in [5.41, 5.74) is 3.05. The van der Waals surface area contributed by atoms with Crippen LogP contribution in [-0.2, 0) is 11.3 Å². The second-order valence-electron chi connectivity index (χ2n) is 7.64. The third kappa shape index (κ3) is 5.30. The van der Waals surface area contributed by atoms with Crippen molar-refractivity contribution in [1.82, 2.24) is 10.3 Å². The van der Waals surface area contributed by atoms with Crippen LogP contribution in [-0.4, -0.2) is 29.3 Å². The average Bonchev–Trinajstić information content (AvgIpc) is 3.42. The number of fused-ring (bicyclic) bond motifs is 1. The maximum atomic E-state index is 11.7. The average molecular weight is 488 g/mol. The van der Waals surface area contributed by atoms with Crippen LogP contribution < -0.4 is 15.0 Å². The van der Waals surface area contributed by atoms with Gasteiger partial charge in [0, 0.05) is 6.54 Å². The van der Waals surface area contributed by atoms with E-state index >= 15 is 0 Å². The molecule has 0 aliphatic carbocycles. The fourth-order valence-electron chi connectivity index (χ4n) is 3.55. The molecule has 4 aromatic rings. The van der Waals surface area contributed by atoms with Crippen LogP contribution in [0.5, 0.6) is 5.75 Å². The quantitative estimate of drug-likeness (QED) is 0.321. The van der Waals surface area contributed by atoms with E-state index in [0.29, 0.717) is 18.1 Å². The number of nitrogens with one attached hydrogen (secondary N) is 1. The van der Waals surface area contributed by atoms with Gasteiger partial charge in [-0.15, -0.1) is 0 Å². The van der Waals surface area contributed by atoms with Gasteiger partial charge in [-0.2, -0.15) is 0 Å². The van der Waals surface area contributed by atoms with Crippen molar-refractivity contribution in [3.63, 3.8) is 0 Å². The molecule has 1 aromatic heterocycles. The number of imide groups is 1. The Hall–Kier alpha value is -3.62. The van der Waals surface area contributed by atoms with Crippen molar-refractivity contribution in [2.24, 2.45) is 0 Å². The lowest BCUT2D eigenvalue weighted by atomic mass is 10.2. The van der Waals surface area contributed by atoms with Gasteiger partial charge in [-0.1, -0.05) is 65.9 Å². The van der Waals surface area contributed by atoms with Crippen molar-refractivity contribution < 1.29 is 14.3 Å². The van der Waals surface area contributed by atoms with E-state index in [9.17, 15) is 9.59 Å². The lowest BCUT2D eigenvalue weighted by molar-refractivity contribution is -0.115. The van der Waals surface area contributed by atoms with Gasteiger partial charge in [0.15, 0.2) is 5.13 Å². The molecule has 0 saturated carbocycles. The number of para-hydroxylation sites is 1. The van der Waals surface area contributed by atoms with Gasteiger partial charge in [-0.3, -0.25) is 14.9 Å². The molecule has 2 amide bonds. The molecule has 0 spiro atoms. The van der Waals surface area contributed by atoms with Gasteiger partial charge in [-0.25, -0.2) is 4.98 Å². The molecule has 1 N–H and O–H groups in total.